The number of nitrogens with one attached hydrogen (secondary N) is 1. The number of nitrogens with zero attached hydrogens (tertiary/aromatic N) is 2. The van der Waals surface area contributed by atoms with Crippen molar-refractivity contribution < 1.29 is 13.7 Å². The summed E-state index contributed by atoms with van der Waals surface area (Å²) in [5.41, 5.74) is 0.605. The number of hydrogen-bond donors (Lipinski definition) is 1. The van der Waals surface area contributed by atoms with Gasteiger partial charge < -0.3 is 14.6 Å². The second-order valence-electron chi connectivity index (χ2n) is 4.16. The van der Waals surface area contributed by atoms with Gasteiger partial charge in [0.15, 0.2) is 5.82 Å². The molecule has 5 nitrogen and oxygen atoms in total. The second-order valence-corrected chi connectivity index (χ2v) is 4.16. The van der Waals surface area contributed by atoms with Crippen molar-refractivity contribution in [1.82, 2.24) is 15.5 Å². The Hall–Kier alpha value is -1.95. The number of rotatable bonds is 6. The lowest BCUT2D eigenvalue weighted by Crippen LogP contribution is -2.22. The first-order valence-corrected chi connectivity index (χ1v) is 6.02. The summed E-state index contributed by atoms with van der Waals surface area (Å²) in [6, 6.07) is 4.75. The van der Waals surface area contributed by atoms with Crippen LogP contribution in [-0.4, -0.2) is 23.8 Å². The minimum Gasteiger partial charge on any atom is -0.497 e. The Bertz CT molecular complexity index is 517. The van der Waals surface area contributed by atoms with E-state index >= 15 is 0 Å². The van der Waals surface area contributed by atoms with E-state index in [4.69, 9.17) is 4.74 Å². The Balaban J connectivity index is 1.90. The maximum Gasteiger partial charge on any atom is 0.213 e. The Morgan fingerprint density at radius 2 is 2.32 bits per heavy atom. The van der Waals surface area contributed by atoms with Crippen LogP contribution in [0.15, 0.2) is 29.1 Å². The molecule has 2 aromatic rings. The Labute approximate surface area is 110 Å². The van der Waals surface area contributed by atoms with E-state index in [0.29, 0.717) is 30.1 Å². The van der Waals surface area contributed by atoms with Gasteiger partial charge in [-0.3, -0.25) is 0 Å². The average molecular weight is 265 g/mol. The lowest BCUT2D eigenvalue weighted by Gasteiger charge is -2.15. The topological polar surface area (TPSA) is 60.2 Å². The summed E-state index contributed by atoms with van der Waals surface area (Å²) in [4.78, 5) is 3.92. The number of ether oxygens (including phenoxy) is 1. The van der Waals surface area contributed by atoms with Crippen LogP contribution in [0.1, 0.15) is 24.4 Å². The zero-order valence-electron chi connectivity index (χ0n) is 10.9. The zero-order valence-corrected chi connectivity index (χ0v) is 10.9. The van der Waals surface area contributed by atoms with E-state index in [1.54, 1.807) is 12.1 Å². The van der Waals surface area contributed by atoms with E-state index in [1.165, 1.54) is 19.6 Å². The van der Waals surface area contributed by atoms with Crippen molar-refractivity contribution in [1.29, 1.82) is 0 Å². The summed E-state index contributed by atoms with van der Waals surface area (Å²) in [5, 5.41) is 6.92. The van der Waals surface area contributed by atoms with Gasteiger partial charge >= 0.3 is 0 Å². The highest BCUT2D eigenvalue weighted by Crippen LogP contribution is 2.21. The highest BCUT2D eigenvalue weighted by molar-refractivity contribution is 5.30. The van der Waals surface area contributed by atoms with Gasteiger partial charge in [-0.1, -0.05) is 11.2 Å². The summed E-state index contributed by atoms with van der Waals surface area (Å²) >= 11 is 0. The molecule has 1 heterocycles. The van der Waals surface area contributed by atoms with Crippen LogP contribution in [0.2, 0.25) is 0 Å². The maximum atomic E-state index is 13.8. The number of benzene rings is 1. The highest BCUT2D eigenvalue weighted by atomic mass is 19.1. The Morgan fingerprint density at radius 1 is 1.47 bits per heavy atom. The van der Waals surface area contributed by atoms with E-state index in [9.17, 15) is 4.39 Å². The van der Waals surface area contributed by atoms with Gasteiger partial charge in [0.2, 0.25) is 6.39 Å². The van der Waals surface area contributed by atoms with Crippen molar-refractivity contribution in [2.75, 3.05) is 13.7 Å². The van der Waals surface area contributed by atoms with Crippen LogP contribution in [0.25, 0.3) is 0 Å². The van der Waals surface area contributed by atoms with Gasteiger partial charge in [0.25, 0.3) is 0 Å². The van der Waals surface area contributed by atoms with Gasteiger partial charge in [0.1, 0.15) is 11.6 Å². The quantitative estimate of drug-likeness (QED) is 0.866. The molecule has 0 aliphatic carbocycles. The van der Waals surface area contributed by atoms with Crippen LogP contribution < -0.4 is 10.1 Å². The molecule has 1 aromatic carbocycles. The third-order valence-electron chi connectivity index (χ3n) is 2.88. The van der Waals surface area contributed by atoms with Gasteiger partial charge in [-0.2, -0.15) is 4.98 Å². The van der Waals surface area contributed by atoms with E-state index in [0.717, 1.165) is 0 Å². The predicted octanol–water partition coefficient (Wildman–Crippen LogP) is 2.11. The van der Waals surface area contributed by atoms with Crippen LogP contribution >= 0.6 is 0 Å². The zero-order chi connectivity index (χ0) is 13.7. The highest BCUT2D eigenvalue weighted by Gasteiger charge is 2.11. The average Bonchev–Trinajstić information content (AvgIpc) is 2.91. The molecule has 0 saturated heterocycles. The molecule has 0 amide bonds. The monoisotopic (exact) mass is 265 g/mol. The first kappa shape index (κ1) is 13.5. The van der Waals surface area contributed by atoms with Crippen molar-refractivity contribution >= 4 is 0 Å². The molecule has 0 fully saturated rings. The fourth-order valence-electron chi connectivity index (χ4n) is 1.80. The molecule has 1 unspecified atom stereocenters. The van der Waals surface area contributed by atoms with Crippen LogP contribution in [-0.2, 0) is 6.42 Å². The van der Waals surface area contributed by atoms with Crippen LogP contribution in [0, 0.1) is 5.82 Å². The second kappa shape index (κ2) is 6.29. The maximum absolute atomic E-state index is 13.8. The van der Waals surface area contributed by atoms with E-state index in [1.807, 2.05) is 6.92 Å². The standard InChI is InChI=1S/C13H16FN3O2/c1-9(15-6-5-13-16-8-19-17-13)11-4-3-10(18-2)7-12(11)14/h3-4,7-9,15H,5-6H2,1-2H3. The SMILES string of the molecule is COc1ccc(C(C)NCCc2ncon2)c(F)c1. The van der Waals surface area contributed by atoms with Crippen molar-refractivity contribution in [3.8, 4) is 5.75 Å². The fourth-order valence-corrected chi connectivity index (χ4v) is 1.80. The fraction of sp³-hybridized carbons (Fsp3) is 0.385. The third-order valence-corrected chi connectivity index (χ3v) is 2.88. The molecule has 0 aliphatic rings. The van der Waals surface area contributed by atoms with Crippen molar-refractivity contribution in [3.63, 3.8) is 0 Å². The number of methoxy groups -OCH3 is 1. The van der Waals surface area contributed by atoms with Gasteiger partial charge in [-0.15, -0.1) is 0 Å². The molecule has 1 atom stereocenters. The normalized spacial score (nSPS) is 12.4. The first-order chi connectivity index (χ1) is 9.20. The molecular weight excluding hydrogens is 249 g/mol. The van der Waals surface area contributed by atoms with Gasteiger partial charge in [0.05, 0.1) is 7.11 Å². The molecule has 0 radical (unpaired) electrons. The molecule has 2 rings (SSSR count). The lowest BCUT2D eigenvalue weighted by molar-refractivity contribution is 0.407. The molecule has 0 aliphatic heterocycles. The minimum atomic E-state index is -0.279. The van der Waals surface area contributed by atoms with E-state index in [2.05, 4.69) is 20.0 Å². The first-order valence-electron chi connectivity index (χ1n) is 6.02. The molecule has 19 heavy (non-hydrogen) atoms. The van der Waals surface area contributed by atoms with Crippen molar-refractivity contribution in [2.45, 2.75) is 19.4 Å². The smallest absolute Gasteiger partial charge is 0.213 e. The van der Waals surface area contributed by atoms with E-state index < -0.39 is 0 Å². The largest absolute Gasteiger partial charge is 0.497 e. The van der Waals surface area contributed by atoms with Gasteiger partial charge in [-0.25, -0.2) is 4.39 Å². The summed E-state index contributed by atoms with van der Waals surface area (Å²) in [6.45, 7) is 2.55. The summed E-state index contributed by atoms with van der Waals surface area (Å²) in [7, 11) is 1.51. The van der Waals surface area contributed by atoms with Crippen LogP contribution in [0.5, 0.6) is 5.75 Å². The summed E-state index contributed by atoms with van der Waals surface area (Å²) in [6.07, 6.45) is 1.93. The van der Waals surface area contributed by atoms with Crippen LogP contribution in [0.4, 0.5) is 4.39 Å². The predicted molar refractivity (Wildman–Crippen MR) is 67.4 cm³/mol. The van der Waals surface area contributed by atoms with Gasteiger partial charge in [-0.05, 0) is 13.0 Å². The van der Waals surface area contributed by atoms with Gasteiger partial charge in [0, 0.05) is 30.6 Å². The lowest BCUT2D eigenvalue weighted by atomic mass is 10.1. The molecule has 1 aromatic heterocycles. The molecule has 0 saturated carbocycles. The number of halogens is 1. The van der Waals surface area contributed by atoms with Crippen LogP contribution in [0.3, 0.4) is 0 Å². The van der Waals surface area contributed by atoms with Crippen molar-refractivity contribution in [2.24, 2.45) is 0 Å². The Kier molecular flexibility index (Phi) is 4.46. The number of aromatic nitrogens is 2. The molecule has 1 N–H and O–H groups in total. The summed E-state index contributed by atoms with van der Waals surface area (Å²) < 4.78 is 23.4. The molecule has 102 valence electrons. The summed E-state index contributed by atoms with van der Waals surface area (Å²) in [5.74, 6) is 0.870. The molecule has 6 heteroatoms. The van der Waals surface area contributed by atoms with E-state index in [-0.39, 0.29) is 11.9 Å². The minimum absolute atomic E-state index is 0.0993. The molecular formula is C13H16FN3O2. The molecule has 0 spiro atoms. The Morgan fingerprint density at radius 3 is 2.95 bits per heavy atom. The number of hydrogen-bond acceptors (Lipinski definition) is 5. The molecule has 0 bridgehead atoms. The van der Waals surface area contributed by atoms with Crippen molar-refractivity contribution in [3.05, 3.63) is 41.8 Å². The third kappa shape index (κ3) is 3.51.